The molecule has 0 radical (unpaired) electrons. The lowest BCUT2D eigenvalue weighted by atomic mass is 10.1. The van der Waals surface area contributed by atoms with Crippen molar-refractivity contribution in [3.05, 3.63) is 83.8 Å². The van der Waals surface area contributed by atoms with Crippen LogP contribution in [-0.2, 0) is 17.6 Å². The van der Waals surface area contributed by atoms with E-state index in [2.05, 4.69) is 4.98 Å². The second-order valence-electron chi connectivity index (χ2n) is 6.08. The Hall–Kier alpha value is -3.34. The molecule has 0 saturated heterocycles. The third-order valence-corrected chi connectivity index (χ3v) is 4.03. The van der Waals surface area contributed by atoms with Crippen LogP contribution in [0, 0.1) is 6.92 Å². The van der Waals surface area contributed by atoms with Crippen molar-refractivity contribution in [1.29, 1.82) is 0 Å². The first-order chi connectivity index (χ1) is 13.1. The van der Waals surface area contributed by atoms with Gasteiger partial charge in [0, 0.05) is 18.1 Å². The van der Waals surface area contributed by atoms with E-state index < -0.39 is 5.97 Å². The fourth-order valence-electron chi connectivity index (χ4n) is 2.69. The zero-order valence-electron chi connectivity index (χ0n) is 15.1. The maximum Gasteiger partial charge on any atom is 0.327 e. The summed E-state index contributed by atoms with van der Waals surface area (Å²) in [5.41, 5.74) is 2.83. The standard InChI is InChI=1S/C22H21NO4/c1-16-20(23-22(27-16)18-9-3-2-4-10-18)13-14-26-19-11-5-7-17(15-19)8-6-12-21(24)25/h2-7,9-12,15H,8,13-14H2,1H3,(H,24,25)/b12-6+. The highest BCUT2D eigenvalue weighted by Gasteiger charge is 2.11. The third kappa shape index (κ3) is 5.31. The van der Waals surface area contributed by atoms with Gasteiger partial charge in [0.2, 0.25) is 5.89 Å². The van der Waals surface area contributed by atoms with Crippen molar-refractivity contribution in [2.45, 2.75) is 19.8 Å². The van der Waals surface area contributed by atoms with Crippen LogP contribution in [0.25, 0.3) is 11.5 Å². The maximum atomic E-state index is 10.5. The van der Waals surface area contributed by atoms with Crippen molar-refractivity contribution in [3.8, 4) is 17.2 Å². The monoisotopic (exact) mass is 363 g/mol. The molecule has 0 saturated carbocycles. The smallest absolute Gasteiger partial charge is 0.327 e. The molecule has 0 fully saturated rings. The van der Waals surface area contributed by atoms with Gasteiger partial charge in [-0.3, -0.25) is 0 Å². The molecule has 0 aliphatic rings. The first-order valence-corrected chi connectivity index (χ1v) is 8.75. The van der Waals surface area contributed by atoms with Gasteiger partial charge in [0.15, 0.2) is 0 Å². The van der Waals surface area contributed by atoms with Crippen molar-refractivity contribution >= 4 is 5.97 Å². The Labute approximate surface area is 157 Å². The number of aryl methyl sites for hydroxylation is 1. The van der Waals surface area contributed by atoms with E-state index in [-0.39, 0.29) is 0 Å². The number of hydrogen-bond donors (Lipinski definition) is 1. The van der Waals surface area contributed by atoms with Gasteiger partial charge in [0.1, 0.15) is 11.5 Å². The fraction of sp³-hybridized carbons (Fsp3) is 0.182. The summed E-state index contributed by atoms with van der Waals surface area (Å²) in [6, 6.07) is 17.4. The van der Waals surface area contributed by atoms with Crippen molar-refractivity contribution in [1.82, 2.24) is 4.98 Å². The van der Waals surface area contributed by atoms with Gasteiger partial charge in [-0.1, -0.05) is 36.4 Å². The van der Waals surface area contributed by atoms with Gasteiger partial charge in [0.05, 0.1) is 12.3 Å². The molecule has 0 unspecified atom stereocenters. The van der Waals surface area contributed by atoms with Crippen LogP contribution in [0.15, 0.2) is 71.2 Å². The Morgan fingerprint density at radius 2 is 2.00 bits per heavy atom. The summed E-state index contributed by atoms with van der Waals surface area (Å²) in [6.07, 6.45) is 3.95. The normalized spacial score (nSPS) is 11.0. The maximum absolute atomic E-state index is 10.5. The Balaban J connectivity index is 1.57. The molecular formula is C22H21NO4. The summed E-state index contributed by atoms with van der Waals surface area (Å²) in [5, 5.41) is 8.64. The number of rotatable bonds is 8. The number of nitrogens with zero attached hydrogens (tertiary/aromatic N) is 1. The fourth-order valence-corrected chi connectivity index (χ4v) is 2.69. The van der Waals surface area contributed by atoms with E-state index >= 15 is 0 Å². The predicted octanol–water partition coefficient (Wildman–Crippen LogP) is 4.45. The van der Waals surface area contributed by atoms with Crippen LogP contribution in [0.5, 0.6) is 5.75 Å². The number of aromatic nitrogens is 1. The lowest BCUT2D eigenvalue weighted by molar-refractivity contribution is -0.131. The van der Waals surface area contributed by atoms with E-state index in [1.165, 1.54) is 0 Å². The van der Waals surface area contributed by atoms with Crippen LogP contribution < -0.4 is 4.74 Å². The Morgan fingerprint density at radius 3 is 2.78 bits per heavy atom. The van der Waals surface area contributed by atoms with Gasteiger partial charge in [-0.05, 0) is 43.2 Å². The summed E-state index contributed by atoms with van der Waals surface area (Å²) in [6.45, 7) is 2.39. The molecule has 3 aromatic rings. The lowest BCUT2D eigenvalue weighted by Gasteiger charge is -2.06. The average Bonchev–Trinajstić information content (AvgIpc) is 3.03. The summed E-state index contributed by atoms with van der Waals surface area (Å²) >= 11 is 0. The highest BCUT2D eigenvalue weighted by atomic mass is 16.5. The van der Waals surface area contributed by atoms with Crippen molar-refractivity contribution in [2.75, 3.05) is 6.61 Å². The minimum atomic E-state index is -0.944. The Morgan fingerprint density at radius 1 is 1.19 bits per heavy atom. The molecule has 0 aliphatic heterocycles. The molecule has 2 aromatic carbocycles. The van der Waals surface area contributed by atoms with Gasteiger partial charge in [-0.15, -0.1) is 0 Å². The van der Waals surface area contributed by atoms with Crippen molar-refractivity contribution < 1.29 is 19.1 Å². The molecule has 0 spiro atoms. The molecule has 1 N–H and O–H groups in total. The van der Waals surface area contributed by atoms with E-state index in [9.17, 15) is 4.79 Å². The average molecular weight is 363 g/mol. The van der Waals surface area contributed by atoms with E-state index in [1.807, 2.05) is 61.5 Å². The topological polar surface area (TPSA) is 72.6 Å². The van der Waals surface area contributed by atoms with Crippen LogP contribution >= 0.6 is 0 Å². The zero-order chi connectivity index (χ0) is 19.1. The largest absolute Gasteiger partial charge is 0.493 e. The van der Waals surface area contributed by atoms with Crippen LogP contribution in [0.4, 0.5) is 0 Å². The third-order valence-electron chi connectivity index (χ3n) is 4.03. The summed E-state index contributed by atoms with van der Waals surface area (Å²) in [7, 11) is 0. The molecule has 0 bridgehead atoms. The number of carboxylic acid groups (broad SMARTS) is 1. The number of carboxylic acids is 1. The van der Waals surface area contributed by atoms with E-state index in [4.69, 9.17) is 14.3 Å². The van der Waals surface area contributed by atoms with Crippen molar-refractivity contribution in [2.24, 2.45) is 0 Å². The van der Waals surface area contributed by atoms with Crippen LogP contribution in [0.2, 0.25) is 0 Å². The SMILES string of the molecule is Cc1oc(-c2ccccc2)nc1CCOc1cccc(C/C=C/C(=O)O)c1. The van der Waals surface area contributed by atoms with E-state index in [1.54, 1.807) is 6.08 Å². The minimum absolute atomic E-state index is 0.482. The molecule has 5 nitrogen and oxygen atoms in total. The molecule has 0 atom stereocenters. The second-order valence-corrected chi connectivity index (χ2v) is 6.08. The quantitative estimate of drug-likeness (QED) is 0.599. The number of aliphatic carboxylic acids is 1. The number of carbonyl (C=O) groups is 1. The minimum Gasteiger partial charge on any atom is -0.493 e. The Bertz CT molecular complexity index is 928. The number of allylic oxidation sites excluding steroid dienone is 1. The van der Waals surface area contributed by atoms with Gasteiger partial charge < -0.3 is 14.3 Å². The highest BCUT2D eigenvalue weighted by Crippen LogP contribution is 2.22. The zero-order valence-corrected chi connectivity index (χ0v) is 15.1. The van der Waals surface area contributed by atoms with E-state index in [0.717, 1.165) is 34.4 Å². The molecule has 0 aliphatic carbocycles. The van der Waals surface area contributed by atoms with Gasteiger partial charge in [-0.2, -0.15) is 0 Å². The first kappa shape index (κ1) is 18.5. The molecule has 1 aromatic heterocycles. The molecular weight excluding hydrogens is 342 g/mol. The number of hydrogen-bond acceptors (Lipinski definition) is 4. The molecule has 3 rings (SSSR count). The van der Waals surface area contributed by atoms with Crippen LogP contribution in [0.3, 0.4) is 0 Å². The molecule has 5 heteroatoms. The van der Waals surface area contributed by atoms with Gasteiger partial charge >= 0.3 is 5.97 Å². The Kier molecular flexibility index (Phi) is 6.05. The summed E-state index contributed by atoms with van der Waals surface area (Å²) in [4.78, 5) is 15.1. The molecule has 27 heavy (non-hydrogen) atoms. The highest BCUT2D eigenvalue weighted by molar-refractivity contribution is 5.79. The van der Waals surface area contributed by atoms with Crippen molar-refractivity contribution in [3.63, 3.8) is 0 Å². The number of ether oxygens (including phenoxy) is 1. The van der Waals surface area contributed by atoms with E-state index in [0.29, 0.717) is 25.3 Å². The second kappa shape index (κ2) is 8.85. The molecule has 0 amide bonds. The van der Waals surface area contributed by atoms with Gasteiger partial charge in [-0.25, -0.2) is 9.78 Å². The number of benzene rings is 2. The predicted molar refractivity (Wildman–Crippen MR) is 103 cm³/mol. The van der Waals surface area contributed by atoms with Crippen LogP contribution in [0.1, 0.15) is 17.0 Å². The van der Waals surface area contributed by atoms with Gasteiger partial charge in [0.25, 0.3) is 0 Å². The summed E-state index contributed by atoms with van der Waals surface area (Å²) < 4.78 is 11.6. The number of oxazole rings is 1. The lowest BCUT2D eigenvalue weighted by Crippen LogP contribution is -2.03. The molecule has 1 heterocycles. The molecule has 138 valence electrons. The first-order valence-electron chi connectivity index (χ1n) is 8.75. The summed E-state index contributed by atoms with van der Waals surface area (Å²) in [5.74, 6) is 1.22. The van der Waals surface area contributed by atoms with Crippen LogP contribution in [-0.4, -0.2) is 22.7 Å².